The molecule has 1 aromatic heterocycles. The Morgan fingerprint density at radius 3 is 2.44 bits per heavy atom. The first kappa shape index (κ1) is 13.9. The summed E-state index contributed by atoms with van der Waals surface area (Å²) in [6.45, 7) is 3.30. The van der Waals surface area contributed by atoms with Gasteiger partial charge in [0.05, 0.1) is 5.01 Å². The van der Waals surface area contributed by atoms with Crippen LogP contribution in [0.1, 0.15) is 24.8 Å². The number of aromatic nitrogens is 1. The number of hydrogen-bond donors (Lipinski definition) is 0. The fourth-order valence-electron chi connectivity index (χ4n) is 2.18. The van der Waals surface area contributed by atoms with E-state index in [0.29, 0.717) is 13.1 Å². The molecule has 2 heterocycles. The van der Waals surface area contributed by atoms with Crippen molar-refractivity contribution in [3.63, 3.8) is 0 Å². The Balaban J connectivity index is 2.09. The summed E-state index contributed by atoms with van der Waals surface area (Å²) < 4.78 is 26.9. The largest absolute Gasteiger partial charge is 0.281 e. The predicted molar refractivity (Wildman–Crippen MR) is 72.9 cm³/mol. The minimum Gasteiger partial charge on any atom is -0.249 e. The highest BCUT2D eigenvalue weighted by Crippen LogP contribution is 2.36. The van der Waals surface area contributed by atoms with Crippen LogP contribution in [0, 0.1) is 0 Å². The highest BCUT2D eigenvalue weighted by Gasteiger charge is 2.38. The van der Waals surface area contributed by atoms with Crippen LogP contribution in [0.2, 0.25) is 0 Å². The quantitative estimate of drug-likeness (QED) is 0.843. The second kappa shape index (κ2) is 4.88. The van der Waals surface area contributed by atoms with Gasteiger partial charge in [0, 0.05) is 44.2 Å². The molecule has 0 aliphatic carbocycles. The minimum atomic E-state index is -3.27. The lowest BCUT2D eigenvalue weighted by molar-refractivity contribution is 0.239. The van der Waals surface area contributed by atoms with E-state index in [2.05, 4.69) is 11.9 Å². The molecule has 7 heteroatoms. The highest BCUT2D eigenvalue weighted by atomic mass is 32.2. The normalized spacial score (nSPS) is 21.3. The Morgan fingerprint density at radius 2 is 2.00 bits per heavy atom. The van der Waals surface area contributed by atoms with Gasteiger partial charge in [-0.3, -0.25) is 0 Å². The van der Waals surface area contributed by atoms with Crippen LogP contribution in [0.15, 0.2) is 11.6 Å². The molecule has 1 aliphatic rings. The van der Waals surface area contributed by atoms with Gasteiger partial charge in [-0.15, -0.1) is 11.3 Å². The van der Waals surface area contributed by atoms with E-state index in [4.69, 9.17) is 0 Å². The van der Waals surface area contributed by atoms with Crippen molar-refractivity contribution in [2.45, 2.75) is 25.2 Å². The minimum absolute atomic E-state index is 0.0203. The van der Waals surface area contributed by atoms with Crippen molar-refractivity contribution in [1.29, 1.82) is 0 Å². The Morgan fingerprint density at radius 1 is 1.39 bits per heavy atom. The highest BCUT2D eigenvalue weighted by molar-refractivity contribution is 7.86. The standard InChI is InChI=1S/C11H19N3O2S2/c1-11(10-12-6-9-17-10)4-7-14(8-5-11)18(15,16)13(2)3/h6,9H,4-5,7-8H2,1-3H3. The number of rotatable bonds is 3. The van der Waals surface area contributed by atoms with Gasteiger partial charge in [0.2, 0.25) is 0 Å². The average Bonchev–Trinajstić information content (AvgIpc) is 2.83. The molecule has 0 radical (unpaired) electrons. The van der Waals surface area contributed by atoms with Crippen LogP contribution in [0.3, 0.4) is 0 Å². The molecule has 1 fully saturated rings. The Kier molecular flexibility index (Phi) is 3.77. The third-order valence-corrected chi connectivity index (χ3v) is 6.58. The molecular weight excluding hydrogens is 270 g/mol. The summed E-state index contributed by atoms with van der Waals surface area (Å²) >= 11 is 1.65. The van der Waals surface area contributed by atoms with Crippen molar-refractivity contribution in [2.75, 3.05) is 27.2 Å². The molecule has 0 saturated carbocycles. The van der Waals surface area contributed by atoms with E-state index in [1.165, 1.54) is 4.31 Å². The van der Waals surface area contributed by atoms with Crippen molar-refractivity contribution in [3.05, 3.63) is 16.6 Å². The summed E-state index contributed by atoms with van der Waals surface area (Å²) in [5.74, 6) is 0. The molecule has 102 valence electrons. The maximum atomic E-state index is 12.0. The molecule has 1 aliphatic heterocycles. The first-order chi connectivity index (χ1) is 8.36. The van der Waals surface area contributed by atoms with E-state index < -0.39 is 10.2 Å². The lowest BCUT2D eigenvalue weighted by Crippen LogP contribution is -2.47. The maximum Gasteiger partial charge on any atom is 0.281 e. The summed E-state index contributed by atoms with van der Waals surface area (Å²) in [7, 11) is -0.123. The van der Waals surface area contributed by atoms with E-state index in [1.54, 1.807) is 29.7 Å². The Hall–Kier alpha value is -0.500. The molecule has 0 bridgehead atoms. The van der Waals surface area contributed by atoms with E-state index in [0.717, 1.165) is 17.8 Å². The Bertz CT molecular complexity index is 488. The van der Waals surface area contributed by atoms with Gasteiger partial charge >= 0.3 is 0 Å². The number of thiazole rings is 1. The van der Waals surface area contributed by atoms with E-state index >= 15 is 0 Å². The second-order valence-electron chi connectivity index (χ2n) is 5.09. The zero-order chi connectivity index (χ0) is 13.4. The van der Waals surface area contributed by atoms with Gasteiger partial charge in [-0.1, -0.05) is 6.92 Å². The van der Waals surface area contributed by atoms with Gasteiger partial charge in [-0.05, 0) is 12.8 Å². The van der Waals surface area contributed by atoms with Crippen molar-refractivity contribution in [2.24, 2.45) is 0 Å². The summed E-state index contributed by atoms with van der Waals surface area (Å²) in [4.78, 5) is 4.37. The molecule has 0 unspecified atom stereocenters. The van der Waals surface area contributed by atoms with Crippen molar-refractivity contribution < 1.29 is 8.42 Å². The maximum absolute atomic E-state index is 12.0. The lowest BCUT2D eigenvalue weighted by Gasteiger charge is -2.38. The van der Waals surface area contributed by atoms with Crippen LogP contribution >= 0.6 is 11.3 Å². The molecular formula is C11H19N3O2S2. The lowest BCUT2D eigenvalue weighted by atomic mass is 9.82. The van der Waals surface area contributed by atoms with Crippen molar-refractivity contribution in [1.82, 2.24) is 13.6 Å². The van der Waals surface area contributed by atoms with Crippen LogP contribution in [0.25, 0.3) is 0 Å². The van der Waals surface area contributed by atoms with Crippen LogP contribution in [0.5, 0.6) is 0 Å². The number of nitrogens with zero attached hydrogens (tertiary/aromatic N) is 3. The third kappa shape index (κ3) is 2.45. The van der Waals surface area contributed by atoms with Crippen LogP contribution in [0.4, 0.5) is 0 Å². The van der Waals surface area contributed by atoms with E-state index in [-0.39, 0.29) is 5.41 Å². The first-order valence-corrected chi connectivity index (χ1v) is 8.21. The van der Waals surface area contributed by atoms with Gasteiger partial charge in [-0.25, -0.2) is 4.98 Å². The van der Waals surface area contributed by atoms with Gasteiger partial charge in [0.1, 0.15) is 0 Å². The van der Waals surface area contributed by atoms with E-state index in [9.17, 15) is 8.42 Å². The molecule has 5 nitrogen and oxygen atoms in total. The van der Waals surface area contributed by atoms with Crippen molar-refractivity contribution in [3.8, 4) is 0 Å². The second-order valence-corrected chi connectivity index (χ2v) is 8.12. The summed E-state index contributed by atoms with van der Waals surface area (Å²) in [5, 5.41) is 3.09. The molecule has 0 spiro atoms. The molecule has 0 N–H and O–H groups in total. The summed E-state index contributed by atoms with van der Waals surface area (Å²) in [5.41, 5.74) is 0.0203. The SMILES string of the molecule is CN(C)S(=O)(=O)N1CCC(C)(c2nccs2)CC1. The fraction of sp³-hybridized carbons (Fsp3) is 0.727. The topological polar surface area (TPSA) is 53.5 Å². The molecule has 1 aromatic rings. The smallest absolute Gasteiger partial charge is 0.249 e. The number of piperidine rings is 1. The van der Waals surface area contributed by atoms with Crippen LogP contribution in [-0.4, -0.2) is 49.2 Å². The molecule has 1 saturated heterocycles. The Labute approximate surface area is 113 Å². The summed E-state index contributed by atoms with van der Waals surface area (Å²) in [6.07, 6.45) is 3.47. The monoisotopic (exact) mass is 289 g/mol. The van der Waals surface area contributed by atoms with Gasteiger partial charge in [-0.2, -0.15) is 17.0 Å². The van der Waals surface area contributed by atoms with E-state index in [1.807, 2.05) is 11.6 Å². The number of hydrogen-bond acceptors (Lipinski definition) is 4. The van der Waals surface area contributed by atoms with Crippen molar-refractivity contribution >= 4 is 21.5 Å². The van der Waals surface area contributed by atoms with Gasteiger partial charge < -0.3 is 0 Å². The van der Waals surface area contributed by atoms with Gasteiger partial charge in [0.25, 0.3) is 10.2 Å². The molecule has 2 rings (SSSR count). The van der Waals surface area contributed by atoms with Crippen LogP contribution in [-0.2, 0) is 15.6 Å². The zero-order valence-electron chi connectivity index (χ0n) is 11.0. The van der Waals surface area contributed by atoms with Gasteiger partial charge in [0.15, 0.2) is 0 Å². The zero-order valence-corrected chi connectivity index (χ0v) is 12.6. The average molecular weight is 289 g/mol. The van der Waals surface area contributed by atoms with Crippen LogP contribution < -0.4 is 0 Å². The molecule has 0 aromatic carbocycles. The first-order valence-electron chi connectivity index (χ1n) is 5.94. The summed E-state index contributed by atoms with van der Waals surface area (Å²) in [6, 6.07) is 0. The third-order valence-electron chi connectivity index (χ3n) is 3.56. The fourth-order valence-corrected chi connectivity index (χ4v) is 4.14. The molecule has 18 heavy (non-hydrogen) atoms. The molecule has 0 atom stereocenters. The predicted octanol–water partition coefficient (Wildman–Crippen LogP) is 1.30. The molecule has 0 amide bonds.